The second-order valence-corrected chi connectivity index (χ2v) is 4.23. The van der Waals surface area contributed by atoms with Gasteiger partial charge in [0.1, 0.15) is 0 Å². The second-order valence-electron chi connectivity index (χ2n) is 3.67. The van der Waals surface area contributed by atoms with E-state index in [1.165, 1.54) is 19.0 Å². The summed E-state index contributed by atoms with van der Waals surface area (Å²) in [6.45, 7) is 0.712. The summed E-state index contributed by atoms with van der Waals surface area (Å²) >= 11 is 3.45. The van der Waals surface area contributed by atoms with Crippen LogP contribution in [0, 0.1) is 5.41 Å². The average Bonchev–Trinajstić information content (AvgIpc) is 2.78. The summed E-state index contributed by atoms with van der Waals surface area (Å²) in [7, 11) is 0. The van der Waals surface area contributed by atoms with Crippen LogP contribution in [0.25, 0.3) is 0 Å². The Morgan fingerprint density at radius 3 is 3.00 bits per heavy atom. The highest BCUT2D eigenvalue weighted by Crippen LogP contribution is 2.46. The van der Waals surface area contributed by atoms with E-state index < -0.39 is 0 Å². The first-order valence-corrected chi connectivity index (χ1v) is 5.58. The van der Waals surface area contributed by atoms with Gasteiger partial charge < -0.3 is 5.32 Å². The minimum Gasteiger partial charge on any atom is -0.350 e. The SMILES string of the molecule is O=C(NCC1(CBr)CC1)c1cn[nH]n1. The number of carbonyl (C=O) groups excluding carboxylic acids is 1. The van der Waals surface area contributed by atoms with Crippen LogP contribution in [0.15, 0.2) is 6.20 Å². The van der Waals surface area contributed by atoms with Crippen molar-refractivity contribution >= 4 is 21.8 Å². The molecule has 5 nitrogen and oxygen atoms in total. The van der Waals surface area contributed by atoms with Gasteiger partial charge in [-0.1, -0.05) is 15.9 Å². The van der Waals surface area contributed by atoms with Crippen LogP contribution in [0.5, 0.6) is 0 Å². The van der Waals surface area contributed by atoms with Crippen molar-refractivity contribution in [1.82, 2.24) is 20.7 Å². The Bertz CT molecular complexity index is 320. The number of aromatic nitrogens is 3. The van der Waals surface area contributed by atoms with Crippen molar-refractivity contribution in [2.75, 3.05) is 11.9 Å². The molecule has 2 N–H and O–H groups in total. The molecule has 1 fully saturated rings. The molecular weight excluding hydrogens is 248 g/mol. The smallest absolute Gasteiger partial charge is 0.273 e. The number of amides is 1. The molecule has 6 heteroatoms. The van der Waals surface area contributed by atoms with Gasteiger partial charge >= 0.3 is 0 Å². The maximum atomic E-state index is 11.4. The van der Waals surface area contributed by atoms with Crippen molar-refractivity contribution < 1.29 is 4.79 Å². The number of nitrogens with zero attached hydrogens (tertiary/aromatic N) is 2. The van der Waals surface area contributed by atoms with Crippen LogP contribution in [-0.4, -0.2) is 33.2 Å². The van der Waals surface area contributed by atoms with Gasteiger partial charge in [0.25, 0.3) is 5.91 Å². The van der Waals surface area contributed by atoms with Gasteiger partial charge in [0.2, 0.25) is 0 Å². The fourth-order valence-corrected chi connectivity index (χ4v) is 1.96. The van der Waals surface area contributed by atoms with Crippen LogP contribution in [0.3, 0.4) is 0 Å². The number of hydrogen-bond acceptors (Lipinski definition) is 3. The summed E-state index contributed by atoms with van der Waals surface area (Å²) in [6.07, 6.45) is 3.78. The van der Waals surface area contributed by atoms with Crippen LogP contribution >= 0.6 is 15.9 Å². The Kier molecular flexibility index (Phi) is 2.54. The van der Waals surface area contributed by atoms with E-state index in [1.54, 1.807) is 0 Å². The van der Waals surface area contributed by atoms with E-state index in [1.807, 2.05) is 0 Å². The molecule has 1 heterocycles. The summed E-state index contributed by atoms with van der Waals surface area (Å²) < 4.78 is 0. The van der Waals surface area contributed by atoms with Gasteiger partial charge in [0, 0.05) is 11.9 Å². The highest BCUT2D eigenvalue weighted by molar-refractivity contribution is 9.09. The lowest BCUT2D eigenvalue weighted by atomic mass is 10.1. The van der Waals surface area contributed by atoms with E-state index in [9.17, 15) is 4.79 Å². The molecular formula is C8H11BrN4O. The summed E-state index contributed by atoms with van der Waals surface area (Å²) in [4.78, 5) is 11.4. The third-order valence-corrected chi connectivity index (χ3v) is 3.70. The average molecular weight is 259 g/mol. The lowest BCUT2D eigenvalue weighted by Gasteiger charge is -2.11. The maximum absolute atomic E-state index is 11.4. The highest BCUT2D eigenvalue weighted by Gasteiger charge is 2.41. The van der Waals surface area contributed by atoms with Gasteiger partial charge in [-0.05, 0) is 18.3 Å². The van der Waals surface area contributed by atoms with E-state index in [4.69, 9.17) is 0 Å². The Hall–Kier alpha value is -0.910. The molecule has 1 saturated carbocycles. The maximum Gasteiger partial charge on any atom is 0.273 e. The van der Waals surface area contributed by atoms with Crippen LogP contribution in [0.1, 0.15) is 23.3 Å². The van der Waals surface area contributed by atoms with Crippen molar-refractivity contribution in [3.63, 3.8) is 0 Å². The molecule has 0 saturated heterocycles. The summed E-state index contributed by atoms with van der Waals surface area (Å²) in [6, 6.07) is 0. The number of alkyl halides is 1. The number of hydrogen-bond donors (Lipinski definition) is 2. The first-order valence-electron chi connectivity index (χ1n) is 4.46. The largest absolute Gasteiger partial charge is 0.350 e. The molecule has 0 unspecified atom stereocenters. The van der Waals surface area contributed by atoms with E-state index in [2.05, 4.69) is 36.7 Å². The van der Waals surface area contributed by atoms with Crippen molar-refractivity contribution in [2.45, 2.75) is 12.8 Å². The van der Waals surface area contributed by atoms with Gasteiger partial charge in [0.05, 0.1) is 6.20 Å². The topological polar surface area (TPSA) is 70.7 Å². The predicted octanol–water partition coefficient (Wildman–Crippen LogP) is 0.710. The molecule has 2 rings (SSSR count). The van der Waals surface area contributed by atoms with Gasteiger partial charge in [-0.3, -0.25) is 4.79 Å². The normalized spacial score (nSPS) is 17.8. The highest BCUT2D eigenvalue weighted by atomic mass is 79.9. The van der Waals surface area contributed by atoms with Crippen LogP contribution in [0.2, 0.25) is 0 Å². The molecule has 0 bridgehead atoms. The van der Waals surface area contributed by atoms with Crippen molar-refractivity contribution in [3.05, 3.63) is 11.9 Å². The Morgan fingerprint density at radius 2 is 2.50 bits per heavy atom. The minimum atomic E-state index is -0.161. The number of aromatic amines is 1. The van der Waals surface area contributed by atoms with Crippen molar-refractivity contribution in [1.29, 1.82) is 0 Å². The van der Waals surface area contributed by atoms with Crippen LogP contribution in [0.4, 0.5) is 0 Å². The summed E-state index contributed by atoms with van der Waals surface area (Å²) in [5, 5.41) is 13.5. The van der Waals surface area contributed by atoms with Crippen LogP contribution in [-0.2, 0) is 0 Å². The van der Waals surface area contributed by atoms with E-state index in [-0.39, 0.29) is 5.91 Å². The third-order valence-electron chi connectivity index (χ3n) is 2.51. The molecule has 1 amide bonds. The van der Waals surface area contributed by atoms with E-state index >= 15 is 0 Å². The van der Waals surface area contributed by atoms with Gasteiger partial charge in [-0.15, -0.1) is 0 Å². The summed E-state index contributed by atoms with van der Waals surface area (Å²) in [5.74, 6) is -0.161. The molecule has 1 aliphatic carbocycles. The fourth-order valence-electron chi connectivity index (χ4n) is 1.20. The first-order chi connectivity index (χ1) is 6.76. The number of H-pyrrole nitrogens is 1. The number of nitrogens with one attached hydrogen (secondary N) is 2. The van der Waals surface area contributed by atoms with Gasteiger partial charge in [-0.2, -0.15) is 15.4 Å². The zero-order chi connectivity index (χ0) is 10.0. The fraction of sp³-hybridized carbons (Fsp3) is 0.625. The second kappa shape index (κ2) is 3.68. The molecule has 0 aliphatic heterocycles. The minimum absolute atomic E-state index is 0.161. The molecule has 1 aromatic heterocycles. The standard InChI is InChI=1S/C8H11BrN4O/c9-4-8(1-2-8)5-10-7(14)6-3-11-13-12-6/h3H,1-2,4-5H2,(H,10,14)(H,11,12,13). The van der Waals surface area contributed by atoms with Crippen molar-refractivity contribution in [2.24, 2.45) is 5.41 Å². The lowest BCUT2D eigenvalue weighted by Crippen LogP contribution is -2.31. The zero-order valence-corrected chi connectivity index (χ0v) is 9.17. The quantitative estimate of drug-likeness (QED) is 0.782. The number of carbonyl (C=O) groups is 1. The van der Waals surface area contributed by atoms with Gasteiger partial charge in [-0.25, -0.2) is 0 Å². The Morgan fingerprint density at radius 1 is 1.71 bits per heavy atom. The predicted molar refractivity (Wildman–Crippen MR) is 54.2 cm³/mol. The van der Waals surface area contributed by atoms with Crippen LogP contribution < -0.4 is 5.32 Å². The zero-order valence-electron chi connectivity index (χ0n) is 7.59. The molecule has 1 aromatic rings. The Balaban J connectivity index is 1.84. The van der Waals surface area contributed by atoms with Crippen molar-refractivity contribution in [3.8, 4) is 0 Å². The molecule has 0 radical (unpaired) electrons. The molecule has 0 spiro atoms. The van der Waals surface area contributed by atoms with Gasteiger partial charge in [0.15, 0.2) is 5.69 Å². The monoisotopic (exact) mass is 258 g/mol. The Labute approximate surface area is 89.8 Å². The number of halogens is 1. The molecule has 14 heavy (non-hydrogen) atoms. The first kappa shape index (κ1) is 9.64. The molecule has 76 valence electrons. The van der Waals surface area contributed by atoms with E-state index in [0.717, 1.165) is 5.33 Å². The lowest BCUT2D eigenvalue weighted by molar-refractivity contribution is 0.0941. The van der Waals surface area contributed by atoms with E-state index in [0.29, 0.717) is 17.7 Å². The molecule has 0 aromatic carbocycles. The molecule has 0 atom stereocenters. The molecule has 1 aliphatic rings. The summed E-state index contributed by atoms with van der Waals surface area (Å²) in [5.41, 5.74) is 0.634. The number of rotatable bonds is 4. The third kappa shape index (κ3) is 1.95.